The van der Waals surface area contributed by atoms with Crippen molar-refractivity contribution in [3.8, 4) is 0 Å². The first-order valence-corrected chi connectivity index (χ1v) is 7.58. The van der Waals surface area contributed by atoms with E-state index in [0.717, 1.165) is 5.56 Å². The molecule has 4 heteroatoms. The van der Waals surface area contributed by atoms with Crippen molar-refractivity contribution in [1.82, 2.24) is 0 Å². The molecule has 2 nitrogen and oxygen atoms in total. The summed E-state index contributed by atoms with van der Waals surface area (Å²) in [4.78, 5) is 0.426. The first kappa shape index (κ1) is 12.7. The van der Waals surface area contributed by atoms with Crippen molar-refractivity contribution >= 4 is 25.8 Å². The van der Waals surface area contributed by atoms with Crippen LogP contribution in [0, 0.1) is 12.8 Å². The zero-order chi connectivity index (χ0) is 11.5. The summed E-state index contributed by atoms with van der Waals surface area (Å²) >= 11 is 3.29. The summed E-state index contributed by atoms with van der Waals surface area (Å²) in [6.45, 7) is 3.81. The molecule has 0 aromatic heterocycles. The van der Waals surface area contributed by atoms with Crippen LogP contribution in [0.2, 0.25) is 0 Å². The van der Waals surface area contributed by atoms with Crippen LogP contribution in [0.5, 0.6) is 0 Å². The van der Waals surface area contributed by atoms with E-state index < -0.39 is 9.84 Å². The smallest absolute Gasteiger partial charge is 0.178 e. The molecule has 84 valence electrons. The van der Waals surface area contributed by atoms with E-state index in [1.165, 1.54) is 0 Å². The normalized spacial score (nSPS) is 13.8. The molecule has 0 saturated carbocycles. The molecule has 0 bridgehead atoms. The fourth-order valence-corrected chi connectivity index (χ4v) is 3.57. The van der Waals surface area contributed by atoms with Crippen LogP contribution in [0.25, 0.3) is 0 Å². The molecule has 0 radical (unpaired) electrons. The largest absolute Gasteiger partial charge is 0.224 e. The number of rotatable bonds is 4. The van der Waals surface area contributed by atoms with Gasteiger partial charge in [-0.15, -0.1) is 0 Å². The van der Waals surface area contributed by atoms with Gasteiger partial charge < -0.3 is 0 Å². The van der Waals surface area contributed by atoms with Gasteiger partial charge in [-0.1, -0.05) is 35.0 Å². The molecule has 0 spiro atoms. The van der Waals surface area contributed by atoms with Crippen LogP contribution in [0.1, 0.15) is 12.5 Å². The topological polar surface area (TPSA) is 34.1 Å². The molecular formula is C11H15BrO2S. The lowest BCUT2D eigenvalue weighted by Crippen LogP contribution is -2.15. The lowest BCUT2D eigenvalue weighted by Gasteiger charge is -2.09. The number of benzene rings is 1. The van der Waals surface area contributed by atoms with Gasteiger partial charge in [0, 0.05) is 5.33 Å². The first-order valence-electron chi connectivity index (χ1n) is 4.81. The van der Waals surface area contributed by atoms with Gasteiger partial charge in [-0.05, 0) is 30.5 Å². The maximum absolute atomic E-state index is 11.9. The van der Waals surface area contributed by atoms with Gasteiger partial charge in [0.05, 0.1) is 10.6 Å². The SMILES string of the molecule is Cc1cccc(S(=O)(=O)CC(C)CBr)c1. The Labute approximate surface area is 99.7 Å². The predicted molar refractivity (Wildman–Crippen MR) is 66.2 cm³/mol. The standard InChI is InChI=1S/C11H15BrO2S/c1-9-4-3-5-11(6-9)15(13,14)8-10(2)7-12/h3-6,10H,7-8H2,1-2H3. The average Bonchev–Trinajstić information content (AvgIpc) is 2.17. The van der Waals surface area contributed by atoms with Gasteiger partial charge in [-0.25, -0.2) is 8.42 Å². The van der Waals surface area contributed by atoms with Gasteiger partial charge in [-0.2, -0.15) is 0 Å². The molecule has 0 N–H and O–H groups in total. The number of sulfone groups is 1. The van der Waals surface area contributed by atoms with Crippen LogP contribution in [0.4, 0.5) is 0 Å². The molecule has 0 amide bonds. The molecule has 0 fully saturated rings. The van der Waals surface area contributed by atoms with E-state index in [1.807, 2.05) is 19.9 Å². The molecule has 1 atom stereocenters. The second-order valence-electron chi connectivity index (χ2n) is 3.86. The van der Waals surface area contributed by atoms with Crippen molar-refractivity contribution in [3.05, 3.63) is 29.8 Å². The molecule has 0 heterocycles. The lowest BCUT2D eigenvalue weighted by molar-refractivity contribution is 0.584. The Hall–Kier alpha value is -0.350. The highest BCUT2D eigenvalue weighted by atomic mass is 79.9. The molecule has 1 unspecified atom stereocenters. The van der Waals surface area contributed by atoms with E-state index in [1.54, 1.807) is 18.2 Å². The number of aryl methyl sites for hydroxylation is 1. The van der Waals surface area contributed by atoms with Crippen molar-refractivity contribution in [3.63, 3.8) is 0 Å². The number of halogens is 1. The van der Waals surface area contributed by atoms with Crippen LogP contribution < -0.4 is 0 Å². The Morgan fingerprint density at radius 2 is 2.07 bits per heavy atom. The Morgan fingerprint density at radius 1 is 1.40 bits per heavy atom. The van der Waals surface area contributed by atoms with Gasteiger partial charge in [0.2, 0.25) is 0 Å². The van der Waals surface area contributed by atoms with Crippen LogP contribution in [-0.4, -0.2) is 19.5 Å². The van der Waals surface area contributed by atoms with E-state index in [0.29, 0.717) is 10.2 Å². The summed E-state index contributed by atoms with van der Waals surface area (Å²) in [6.07, 6.45) is 0. The highest BCUT2D eigenvalue weighted by molar-refractivity contribution is 9.09. The van der Waals surface area contributed by atoms with Crippen LogP contribution in [-0.2, 0) is 9.84 Å². The van der Waals surface area contributed by atoms with E-state index in [2.05, 4.69) is 15.9 Å². The molecule has 1 aromatic rings. The van der Waals surface area contributed by atoms with Gasteiger partial charge in [0.1, 0.15) is 0 Å². The highest BCUT2D eigenvalue weighted by Gasteiger charge is 2.17. The second-order valence-corrected chi connectivity index (χ2v) is 6.54. The van der Waals surface area contributed by atoms with Crippen molar-refractivity contribution in [2.24, 2.45) is 5.92 Å². The average molecular weight is 291 g/mol. The van der Waals surface area contributed by atoms with E-state index >= 15 is 0 Å². The summed E-state index contributed by atoms with van der Waals surface area (Å²) in [5, 5.41) is 0.706. The predicted octanol–water partition coefficient (Wildman–Crippen LogP) is 2.80. The third kappa shape index (κ3) is 3.61. The summed E-state index contributed by atoms with van der Waals surface area (Å²) in [7, 11) is -3.12. The third-order valence-electron chi connectivity index (χ3n) is 2.12. The summed E-state index contributed by atoms with van der Waals surface area (Å²) in [6, 6.07) is 7.05. The van der Waals surface area contributed by atoms with Gasteiger partial charge in [0.15, 0.2) is 9.84 Å². The molecule has 1 aromatic carbocycles. The zero-order valence-corrected chi connectivity index (χ0v) is 11.3. The molecule has 15 heavy (non-hydrogen) atoms. The monoisotopic (exact) mass is 290 g/mol. The molecular weight excluding hydrogens is 276 g/mol. The molecule has 0 aliphatic carbocycles. The number of hydrogen-bond acceptors (Lipinski definition) is 2. The maximum atomic E-state index is 11.9. The van der Waals surface area contributed by atoms with Crippen LogP contribution in [0.3, 0.4) is 0 Å². The number of hydrogen-bond donors (Lipinski definition) is 0. The Kier molecular flexibility index (Phi) is 4.34. The van der Waals surface area contributed by atoms with Gasteiger partial charge in [0.25, 0.3) is 0 Å². The Bertz CT molecular complexity index is 426. The summed E-state index contributed by atoms with van der Waals surface area (Å²) in [5.74, 6) is 0.331. The van der Waals surface area contributed by atoms with Crippen LogP contribution in [0.15, 0.2) is 29.2 Å². The van der Waals surface area contributed by atoms with E-state index in [4.69, 9.17) is 0 Å². The molecule has 0 aliphatic rings. The fraction of sp³-hybridized carbons (Fsp3) is 0.455. The van der Waals surface area contributed by atoms with Crippen molar-refractivity contribution in [1.29, 1.82) is 0 Å². The Balaban J connectivity index is 2.96. The summed E-state index contributed by atoms with van der Waals surface area (Å²) in [5.41, 5.74) is 0.975. The van der Waals surface area contributed by atoms with Crippen molar-refractivity contribution in [2.75, 3.05) is 11.1 Å². The minimum atomic E-state index is -3.12. The van der Waals surface area contributed by atoms with Crippen molar-refractivity contribution in [2.45, 2.75) is 18.7 Å². The Morgan fingerprint density at radius 3 is 2.60 bits per heavy atom. The van der Waals surface area contributed by atoms with E-state index in [-0.39, 0.29) is 11.7 Å². The quantitative estimate of drug-likeness (QED) is 0.799. The van der Waals surface area contributed by atoms with E-state index in [9.17, 15) is 8.42 Å². The second kappa shape index (κ2) is 5.12. The molecule has 1 rings (SSSR count). The summed E-state index contributed by atoms with van der Waals surface area (Å²) < 4.78 is 23.9. The minimum absolute atomic E-state index is 0.135. The third-order valence-corrected chi connectivity index (χ3v) is 5.20. The first-order chi connectivity index (χ1) is 6.95. The van der Waals surface area contributed by atoms with Gasteiger partial charge >= 0.3 is 0 Å². The van der Waals surface area contributed by atoms with Crippen molar-refractivity contribution < 1.29 is 8.42 Å². The fourth-order valence-electron chi connectivity index (χ4n) is 1.32. The van der Waals surface area contributed by atoms with Crippen LogP contribution >= 0.6 is 15.9 Å². The number of alkyl halides is 1. The lowest BCUT2D eigenvalue weighted by atomic mass is 10.2. The molecule has 0 saturated heterocycles. The van der Waals surface area contributed by atoms with Gasteiger partial charge in [-0.3, -0.25) is 0 Å². The maximum Gasteiger partial charge on any atom is 0.178 e. The highest BCUT2D eigenvalue weighted by Crippen LogP contribution is 2.16. The zero-order valence-electron chi connectivity index (χ0n) is 8.90. The molecule has 0 aliphatic heterocycles. The minimum Gasteiger partial charge on any atom is -0.224 e.